The van der Waals surface area contributed by atoms with E-state index in [1.807, 2.05) is 18.2 Å². The van der Waals surface area contributed by atoms with Crippen molar-refractivity contribution in [2.45, 2.75) is 19.8 Å². The summed E-state index contributed by atoms with van der Waals surface area (Å²) < 4.78 is 1.18. The highest BCUT2D eigenvalue weighted by Crippen LogP contribution is 2.22. The largest absolute Gasteiger partial charge is 0.508 e. The zero-order chi connectivity index (χ0) is 15.1. The highest BCUT2D eigenvalue weighted by atomic mass is 79.9. The Bertz CT molecular complexity index is 553. The van der Waals surface area contributed by atoms with E-state index >= 15 is 0 Å². The second kappa shape index (κ2) is 8.20. The Kier molecular flexibility index (Phi) is 6.27. The third-order valence-corrected chi connectivity index (χ3v) is 4.38. The number of aromatic hydroxyl groups is 1. The van der Waals surface area contributed by atoms with E-state index in [9.17, 15) is 5.11 Å². The van der Waals surface area contributed by atoms with Crippen molar-refractivity contribution in [2.75, 3.05) is 13.1 Å². The van der Waals surface area contributed by atoms with Gasteiger partial charge in [-0.15, -0.1) is 0 Å². The van der Waals surface area contributed by atoms with Crippen molar-refractivity contribution in [2.24, 2.45) is 5.92 Å². The maximum atomic E-state index is 9.39. The third kappa shape index (κ3) is 5.18. The number of nitrogens with one attached hydrogen (secondary N) is 1. The average Bonchev–Trinajstić information content (AvgIpc) is 2.49. The predicted molar refractivity (Wildman–Crippen MR) is 91.7 cm³/mol. The van der Waals surface area contributed by atoms with Gasteiger partial charge < -0.3 is 10.4 Å². The monoisotopic (exact) mass is 347 g/mol. The molecule has 0 heterocycles. The van der Waals surface area contributed by atoms with E-state index in [1.54, 1.807) is 12.1 Å². The van der Waals surface area contributed by atoms with Gasteiger partial charge in [0.1, 0.15) is 5.75 Å². The second-order valence-corrected chi connectivity index (χ2v) is 6.19. The van der Waals surface area contributed by atoms with Crippen LogP contribution in [0.4, 0.5) is 0 Å². The number of hydrogen-bond acceptors (Lipinski definition) is 2. The summed E-state index contributed by atoms with van der Waals surface area (Å²) in [5, 5.41) is 12.8. The topological polar surface area (TPSA) is 32.3 Å². The Hall–Kier alpha value is -1.32. The molecule has 0 radical (unpaired) electrons. The van der Waals surface area contributed by atoms with E-state index in [4.69, 9.17) is 0 Å². The van der Waals surface area contributed by atoms with Crippen LogP contribution in [0.2, 0.25) is 0 Å². The molecule has 0 amide bonds. The molecule has 2 aromatic carbocycles. The maximum Gasteiger partial charge on any atom is 0.115 e. The number of halogens is 1. The van der Waals surface area contributed by atoms with Crippen molar-refractivity contribution in [3.05, 3.63) is 64.1 Å². The first-order valence-corrected chi connectivity index (χ1v) is 8.20. The molecule has 1 atom stereocenters. The molecule has 2 nitrogen and oxygen atoms in total. The molecule has 0 aliphatic heterocycles. The van der Waals surface area contributed by atoms with E-state index in [1.165, 1.54) is 15.6 Å². The van der Waals surface area contributed by atoms with Crippen LogP contribution in [0.15, 0.2) is 53.0 Å². The van der Waals surface area contributed by atoms with E-state index in [0.29, 0.717) is 11.7 Å². The van der Waals surface area contributed by atoms with Crippen molar-refractivity contribution < 1.29 is 5.11 Å². The molecule has 21 heavy (non-hydrogen) atoms. The van der Waals surface area contributed by atoms with E-state index in [0.717, 1.165) is 25.9 Å². The first-order valence-electron chi connectivity index (χ1n) is 7.41. The fraction of sp³-hybridized carbons (Fsp3) is 0.333. The minimum atomic E-state index is 0.327. The smallest absolute Gasteiger partial charge is 0.115 e. The lowest BCUT2D eigenvalue weighted by Crippen LogP contribution is -2.25. The van der Waals surface area contributed by atoms with Crippen molar-refractivity contribution in [3.8, 4) is 5.75 Å². The van der Waals surface area contributed by atoms with Crippen LogP contribution < -0.4 is 5.32 Å². The molecule has 2 N–H and O–H groups in total. The van der Waals surface area contributed by atoms with Crippen molar-refractivity contribution in [1.29, 1.82) is 0 Å². The van der Waals surface area contributed by atoms with Crippen LogP contribution in [0.3, 0.4) is 0 Å². The molecule has 112 valence electrons. The van der Waals surface area contributed by atoms with Gasteiger partial charge in [-0.3, -0.25) is 0 Å². The number of phenols is 1. The van der Waals surface area contributed by atoms with Crippen LogP contribution in [0.5, 0.6) is 5.75 Å². The molecular formula is C18H22BrNO. The molecule has 0 aliphatic rings. The summed E-state index contributed by atoms with van der Waals surface area (Å²) in [7, 11) is 0. The van der Waals surface area contributed by atoms with Gasteiger partial charge in [-0.05, 0) is 61.2 Å². The van der Waals surface area contributed by atoms with Crippen molar-refractivity contribution in [1.82, 2.24) is 5.32 Å². The Labute approximate surface area is 135 Å². The molecule has 0 saturated heterocycles. The first-order chi connectivity index (χ1) is 10.2. The molecule has 0 spiro atoms. The molecule has 0 aliphatic carbocycles. The number of phenolic OH excluding ortho intramolecular Hbond substituents is 1. The van der Waals surface area contributed by atoms with Crippen LogP contribution in [-0.4, -0.2) is 18.2 Å². The quantitative estimate of drug-likeness (QED) is 0.787. The summed E-state index contributed by atoms with van der Waals surface area (Å²) in [5.41, 5.74) is 2.61. The van der Waals surface area contributed by atoms with Crippen LogP contribution in [0.1, 0.15) is 18.1 Å². The van der Waals surface area contributed by atoms with Crippen LogP contribution in [0, 0.1) is 5.92 Å². The Balaban J connectivity index is 2.07. The fourth-order valence-corrected chi connectivity index (χ4v) is 2.95. The Morgan fingerprint density at radius 1 is 1.05 bits per heavy atom. The Morgan fingerprint density at radius 3 is 2.43 bits per heavy atom. The second-order valence-electron chi connectivity index (χ2n) is 5.34. The normalized spacial score (nSPS) is 12.3. The van der Waals surface area contributed by atoms with Gasteiger partial charge in [0.25, 0.3) is 0 Å². The minimum absolute atomic E-state index is 0.327. The third-order valence-electron chi connectivity index (χ3n) is 3.61. The molecule has 1 unspecified atom stereocenters. The van der Waals surface area contributed by atoms with Gasteiger partial charge >= 0.3 is 0 Å². The highest BCUT2D eigenvalue weighted by molar-refractivity contribution is 9.10. The summed E-state index contributed by atoms with van der Waals surface area (Å²) >= 11 is 3.63. The van der Waals surface area contributed by atoms with E-state index < -0.39 is 0 Å². The van der Waals surface area contributed by atoms with Crippen molar-refractivity contribution >= 4 is 15.9 Å². The molecule has 3 heteroatoms. The predicted octanol–water partition coefficient (Wildman–Crippen LogP) is 4.17. The molecule has 0 fully saturated rings. The lowest BCUT2D eigenvalue weighted by Gasteiger charge is -2.18. The summed E-state index contributed by atoms with van der Waals surface area (Å²) in [6, 6.07) is 16.0. The summed E-state index contributed by atoms with van der Waals surface area (Å²) in [6.45, 7) is 4.12. The van der Waals surface area contributed by atoms with Gasteiger partial charge in [-0.25, -0.2) is 0 Å². The van der Waals surface area contributed by atoms with E-state index in [2.05, 4.69) is 46.4 Å². The van der Waals surface area contributed by atoms with Gasteiger partial charge in [0.15, 0.2) is 0 Å². The molecule has 2 aromatic rings. The minimum Gasteiger partial charge on any atom is -0.508 e. The first kappa shape index (κ1) is 16.1. The fourth-order valence-electron chi connectivity index (χ4n) is 2.51. The van der Waals surface area contributed by atoms with Crippen LogP contribution in [0.25, 0.3) is 0 Å². The number of hydrogen-bond donors (Lipinski definition) is 2. The Morgan fingerprint density at radius 2 is 1.76 bits per heavy atom. The highest BCUT2D eigenvalue weighted by Gasteiger charge is 2.12. The number of rotatable bonds is 7. The SMILES string of the molecule is CCNCC(Cc1ccc(O)cc1)Cc1ccccc1Br. The van der Waals surface area contributed by atoms with Crippen LogP contribution in [-0.2, 0) is 12.8 Å². The van der Waals surface area contributed by atoms with E-state index in [-0.39, 0.29) is 0 Å². The van der Waals surface area contributed by atoms with Gasteiger partial charge in [-0.2, -0.15) is 0 Å². The summed E-state index contributed by atoms with van der Waals surface area (Å²) in [5.74, 6) is 0.862. The molecular weight excluding hydrogens is 326 g/mol. The molecule has 0 bridgehead atoms. The van der Waals surface area contributed by atoms with Gasteiger partial charge in [-0.1, -0.05) is 53.2 Å². The molecule has 0 aromatic heterocycles. The zero-order valence-electron chi connectivity index (χ0n) is 12.3. The zero-order valence-corrected chi connectivity index (χ0v) is 13.9. The molecule has 0 saturated carbocycles. The van der Waals surface area contributed by atoms with Gasteiger partial charge in [0.2, 0.25) is 0 Å². The molecule has 2 rings (SSSR count). The van der Waals surface area contributed by atoms with Gasteiger partial charge in [0, 0.05) is 4.47 Å². The average molecular weight is 348 g/mol. The van der Waals surface area contributed by atoms with Crippen molar-refractivity contribution in [3.63, 3.8) is 0 Å². The summed E-state index contributed by atoms with van der Waals surface area (Å²) in [6.07, 6.45) is 2.05. The standard InChI is InChI=1S/C18H22BrNO/c1-2-20-13-15(11-14-7-9-17(21)10-8-14)12-16-5-3-4-6-18(16)19/h3-10,15,20-21H,2,11-13H2,1H3. The number of benzene rings is 2. The summed E-state index contributed by atoms with van der Waals surface area (Å²) in [4.78, 5) is 0. The lowest BCUT2D eigenvalue weighted by molar-refractivity contribution is 0.469. The van der Waals surface area contributed by atoms with Crippen LogP contribution >= 0.6 is 15.9 Å². The lowest BCUT2D eigenvalue weighted by atomic mass is 9.92. The maximum absolute atomic E-state index is 9.39. The van der Waals surface area contributed by atoms with Gasteiger partial charge in [0.05, 0.1) is 0 Å².